The molecule has 1 aromatic heterocycles. The van der Waals surface area contributed by atoms with Crippen molar-refractivity contribution < 1.29 is 13.4 Å². The van der Waals surface area contributed by atoms with Gasteiger partial charge in [-0.05, 0) is 64.3 Å². The van der Waals surface area contributed by atoms with Crippen molar-refractivity contribution in [1.29, 1.82) is 0 Å². The van der Waals surface area contributed by atoms with Crippen LogP contribution in [0.25, 0.3) is 11.5 Å². The van der Waals surface area contributed by atoms with Gasteiger partial charge in [-0.3, -0.25) is 9.00 Å². The van der Waals surface area contributed by atoms with Gasteiger partial charge in [0.2, 0.25) is 5.89 Å². The van der Waals surface area contributed by atoms with Gasteiger partial charge in [-0.25, -0.2) is 4.98 Å². The molecule has 1 atom stereocenters. The number of nitrogens with zero attached hydrogens (tertiary/aromatic N) is 2. The van der Waals surface area contributed by atoms with Crippen molar-refractivity contribution in [3.8, 4) is 11.5 Å². The molecule has 1 N–H and O–H groups in total. The Bertz CT molecular complexity index is 1020. The molecule has 0 aliphatic rings. The van der Waals surface area contributed by atoms with E-state index in [-0.39, 0.29) is 5.91 Å². The van der Waals surface area contributed by atoms with Gasteiger partial charge in [-0.15, -0.1) is 0 Å². The summed E-state index contributed by atoms with van der Waals surface area (Å²) in [5.74, 6) is 1.30. The van der Waals surface area contributed by atoms with Crippen molar-refractivity contribution in [2.45, 2.75) is 24.5 Å². The standard InChI is InChI=1S/C23H27N3O3S/c1-16-5-11-20(12-6-16)30(28)15-21-17(2)29-23(25-21)19-9-7-18(8-10-19)22(27)24-13-14-26(3)4/h5-12H,13-15H2,1-4H3,(H,24,27). The Morgan fingerprint density at radius 3 is 2.37 bits per heavy atom. The zero-order valence-corrected chi connectivity index (χ0v) is 18.6. The molecule has 2 aromatic carbocycles. The third-order valence-corrected chi connectivity index (χ3v) is 6.02. The zero-order chi connectivity index (χ0) is 21.7. The average Bonchev–Trinajstić information content (AvgIpc) is 3.08. The molecule has 3 rings (SSSR count). The van der Waals surface area contributed by atoms with Crippen LogP contribution >= 0.6 is 0 Å². The second kappa shape index (κ2) is 9.82. The number of nitrogens with one attached hydrogen (secondary N) is 1. The van der Waals surface area contributed by atoms with Gasteiger partial charge in [-0.2, -0.15) is 0 Å². The Morgan fingerprint density at radius 1 is 1.07 bits per heavy atom. The fourth-order valence-corrected chi connectivity index (χ4v) is 3.96. The normalized spacial score (nSPS) is 12.2. The van der Waals surface area contributed by atoms with E-state index in [2.05, 4.69) is 10.3 Å². The van der Waals surface area contributed by atoms with E-state index < -0.39 is 10.8 Å². The Kier molecular flexibility index (Phi) is 7.18. The van der Waals surface area contributed by atoms with Crippen LogP contribution in [0.1, 0.15) is 27.4 Å². The molecular weight excluding hydrogens is 398 g/mol. The summed E-state index contributed by atoms with van der Waals surface area (Å²) in [5, 5.41) is 2.89. The smallest absolute Gasteiger partial charge is 0.251 e. The van der Waals surface area contributed by atoms with Crippen LogP contribution in [-0.2, 0) is 16.6 Å². The van der Waals surface area contributed by atoms with Crippen molar-refractivity contribution in [2.75, 3.05) is 27.2 Å². The van der Waals surface area contributed by atoms with Crippen LogP contribution in [0.2, 0.25) is 0 Å². The van der Waals surface area contributed by atoms with E-state index in [9.17, 15) is 9.00 Å². The van der Waals surface area contributed by atoms with Gasteiger partial charge in [0, 0.05) is 29.1 Å². The summed E-state index contributed by atoms with van der Waals surface area (Å²) in [4.78, 5) is 19.5. The summed E-state index contributed by atoms with van der Waals surface area (Å²) >= 11 is 0. The largest absolute Gasteiger partial charge is 0.441 e. The van der Waals surface area contributed by atoms with E-state index in [4.69, 9.17) is 4.42 Å². The van der Waals surface area contributed by atoms with Gasteiger partial charge in [0.25, 0.3) is 5.91 Å². The molecule has 0 aliphatic heterocycles. The lowest BCUT2D eigenvalue weighted by molar-refractivity contribution is 0.0951. The summed E-state index contributed by atoms with van der Waals surface area (Å²) in [6.07, 6.45) is 0. The van der Waals surface area contributed by atoms with E-state index in [1.165, 1.54) is 0 Å². The monoisotopic (exact) mass is 425 g/mol. The molecule has 3 aromatic rings. The van der Waals surface area contributed by atoms with Gasteiger partial charge < -0.3 is 14.6 Å². The number of likely N-dealkylation sites (N-methyl/N-ethyl adjacent to an activating group) is 1. The molecule has 1 heterocycles. The molecule has 6 nitrogen and oxygen atoms in total. The predicted molar refractivity (Wildman–Crippen MR) is 119 cm³/mol. The first kappa shape index (κ1) is 21.9. The van der Waals surface area contributed by atoms with E-state index in [0.717, 1.165) is 22.6 Å². The minimum absolute atomic E-state index is 0.110. The van der Waals surface area contributed by atoms with Crippen molar-refractivity contribution in [2.24, 2.45) is 0 Å². The fraction of sp³-hybridized carbons (Fsp3) is 0.304. The maximum atomic E-state index is 12.7. The SMILES string of the molecule is Cc1ccc(S(=O)Cc2nc(-c3ccc(C(=O)NCCN(C)C)cc3)oc2C)cc1. The first-order valence-corrected chi connectivity index (χ1v) is 11.1. The van der Waals surface area contributed by atoms with Crippen molar-refractivity contribution in [3.63, 3.8) is 0 Å². The van der Waals surface area contributed by atoms with Crippen LogP contribution < -0.4 is 5.32 Å². The highest BCUT2D eigenvalue weighted by atomic mass is 32.2. The molecule has 0 radical (unpaired) electrons. The first-order chi connectivity index (χ1) is 14.3. The van der Waals surface area contributed by atoms with Crippen LogP contribution in [0.3, 0.4) is 0 Å². The molecule has 0 saturated carbocycles. The van der Waals surface area contributed by atoms with Crippen molar-refractivity contribution in [3.05, 3.63) is 71.1 Å². The first-order valence-electron chi connectivity index (χ1n) is 9.78. The molecule has 7 heteroatoms. The van der Waals surface area contributed by atoms with E-state index in [1.807, 2.05) is 69.2 Å². The minimum atomic E-state index is -1.19. The summed E-state index contributed by atoms with van der Waals surface area (Å²) in [5.41, 5.74) is 3.16. The Morgan fingerprint density at radius 2 is 1.73 bits per heavy atom. The molecule has 0 bridgehead atoms. The highest BCUT2D eigenvalue weighted by molar-refractivity contribution is 7.84. The van der Waals surface area contributed by atoms with E-state index >= 15 is 0 Å². The van der Waals surface area contributed by atoms with E-state index in [1.54, 1.807) is 12.1 Å². The molecule has 0 fully saturated rings. The molecule has 0 saturated heterocycles. The number of oxazole rings is 1. The number of benzene rings is 2. The number of aromatic nitrogens is 1. The van der Waals surface area contributed by atoms with Crippen LogP contribution in [-0.4, -0.2) is 47.2 Å². The Balaban J connectivity index is 1.67. The number of amides is 1. The number of rotatable bonds is 8. The van der Waals surface area contributed by atoms with Gasteiger partial charge in [0.05, 0.1) is 22.2 Å². The molecular formula is C23H27N3O3S. The minimum Gasteiger partial charge on any atom is -0.441 e. The number of hydrogen-bond acceptors (Lipinski definition) is 5. The maximum absolute atomic E-state index is 12.7. The molecule has 30 heavy (non-hydrogen) atoms. The Hall–Kier alpha value is -2.77. The van der Waals surface area contributed by atoms with Crippen LogP contribution in [0.4, 0.5) is 0 Å². The highest BCUT2D eigenvalue weighted by Crippen LogP contribution is 2.24. The predicted octanol–water partition coefficient (Wildman–Crippen LogP) is 3.56. The molecule has 0 aliphatic carbocycles. The maximum Gasteiger partial charge on any atom is 0.251 e. The van der Waals surface area contributed by atoms with Crippen LogP contribution in [0.5, 0.6) is 0 Å². The fourth-order valence-electron chi connectivity index (χ4n) is 2.84. The summed E-state index contributed by atoms with van der Waals surface area (Å²) < 4.78 is 18.4. The molecule has 158 valence electrons. The van der Waals surface area contributed by atoms with Crippen molar-refractivity contribution >= 4 is 16.7 Å². The molecule has 1 unspecified atom stereocenters. The lowest BCUT2D eigenvalue weighted by atomic mass is 10.1. The van der Waals surface area contributed by atoms with Gasteiger partial charge in [0.1, 0.15) is 5.76 Å². The third-order valence-electron chi connectivity index (χ3n) is 4.68. The number of aryl methyl sites for hydroxylation is 2. The number of carbonyl (C=O) groups is 1. The summed E-state index contributed by atoms with van der Waals surface area (Å²) in [7, 11) is 2.73. The lowest BCUT2D eigenvalue weighted by Gasteiger charge is -2.10. The third kappa shape index (κ3) is 5.64. The second-order valence-corrected chi connectivity index (χ2v) is 8.91. The molecule has 1 amide bonds. The van der Waals surface area contributed by atoms with Gasteiger partial charge >= 0.3 is 0 Å². The summed E-state index contributed by atoms with van der Waals surface area (Å²) in [6, 6.07) is 14.8. The number of carbonyl (C=O) groups excluding carboxylic acids is 1. The Labute approximate surface area is 179 Å². The quantitative estimate of drug-likeness (QED) is 0.597. The topological polar surface area (TPSA) is 75.4 Å². The second-order valence-electron chi connectivity index (χ2n) is 7.46. The van der Waals surface area contributed by atoms with Crippen LogP contribution in [0.15, 0.2) is 57.8 Å². The highest BCUT2D eigenvalue weighted by Gasteiger charge is 2.15. The average molecular weight is 426 g/mol. The van der Waals surface area contributed by atoms with Crippen LogP contribution in [0, 0.1) is 13.8 Å². The van der Waals surface area contributed by atoms with E-state index in [0.29, 0.717) is 35.2 Å². The lowest BCUT2D eigenvalue weighted by Crippen LogP contribution is -2.31. The summed E-state index contributed by atoms with van der Waals surface area (Å²) in [6.45, 7) is 5.20. The zero-order valence-electron chi connectivity index (χ0n) is 17.8. The number of hydrogen-bond donors (Lipinski definition) is 1. The van der Waals surface area contributed by atoms with Crippen molar-refractivity contribution in [1.82, 2.24) is 15.2 Å². The van der Waals surface area contributed by atoms with Gasteiger partial charge in [-0.1, -0.05) is 17.7 Å². The molecule has 0 spiro atoms. The van der Waals surface area contributed by atoms with Gasteiger partial charge in [0.15, 0.2) is 0 Å².